The lowest BCUT2D eigenvalue weighted by molar-refractivity contribution is 0.183. The van der Waals surface area contributed by atoms with E-state index in [1.807, 2.05) is 19.1 Å². The third kappa shape index (κ3) is 4.19. The Hall–Kier alpha value is -1.64. The van der Waals surface area contributed by atoms with Crippen molar-refractivity contribution >= 4 is 0 Å². The van der Waals surface area contributed by atoms with E-state index in [-0.39, 0.29) is 12.1 Å². The molecule has 0 fully saturated rings. The molecule has 100 valence electrons. The summed E-state index contributed by atoms with van der Waals surface area (Å²) in [6.45, 7) is 2.62. The van der Waals surface area contributed by atoms with Crippen molar-refractivity contribution in [1.82, 2.24) is 5.32 Å². The Morgan fingerprint density at radius 1 is 0.895 bits per heavy atom. The molecule has 0 aliphatic rings. The molecule has 2 N–H and O–H groups in total. The molecule has 0 aliphatic heterocycles. The van der Waals surface area contributed by atoms with Gasteiger partial charge >= 0.3 is 0 Å². The minimum atomic E-state index is -0.264. The Labute approximate surface area is 115 Å². The van der Waals surface area contributed by atoms with Crippen molar-refractivity contribution in [2.24, 2.45) is 0 Å². The van der Waals surface area contributed by atoms with E-state index in [0.29, 0.717) is 0 Å². The van der Waals surface area contributed by atoms with Gasteiger partial charge in [0.1, 0.15) is 0 Å². The van der Waals surface area contributed by atoms with E-state index in [1.165, 1.54) is 11.1 Å². The van der Waals surface area contributed by atoms with Crippen molar-refractivity contribution in [2.75, 3.05) is 6.54 Å². The normalized spacial score (nSPS) is 12.6. The van der Waals surface area contributed by atoms with Gasteiger partial charge in [0.15, 0.2) is 0 Å². The van der Waals surface area contributed by atoms with Crippen LogP contribution in [0.5, 0.6) is 0 Å². The van der Waals surface area contributed by atoms with Crippen LogP contribution in [0, 0.1) is 0 Å². The molecule has 2 aromatic carbocycles. The van der Waals surface area contributed by atoms with E-state index in [9.17, 15) is 5.11 Å². The van der Waals surface area contributed by atoms with Crippen LogP contribution >= 0.6 is 0 Å². The first kappa shape index (κ1) is 13.8. The van der Waals surface area contributed by atoms with Gasteiger partial charge in [-0.15, -0.1) is 0 Å². The molecule has 0 aromatic heterocycles. The van der Waals surface area contributed by atoms with E-state index in [0.717, 1.165) is 13.0 Å². The molecule has 0 spiro atoms. The van der Waals surface area contributed by atoms with Gasteiger partial charge in [0.05, 0.1) is 12.1 Å². The van der Waals surface area contributed by atoms with Crippen LogP contribution in [0.1, 0.15) is 30.5 Å². The first-order chi connectivity index (χ1) is 9.27. The predicted molar refractivity (Wildman–Crippen MR) is 79.0 cm³/mol. The maximum Gasteiger partial charge on any atom is 0.0576 e. The zero-order chi connectivity index (χ0) is 13.5. The molecule has 0 amide bonds. The lowest BCUT2D eigenvalue weighted by Gasteiger charge is -2.20. The van der Waals surface area contributed by atoms with Crippen LogP contribution in [-0.2, 0) is 0 Å². The fourth-order valence-electron chi connectivity index (χ4n) is 2.16. The lowest BCUT2D eigenvalue weighted by atomic mass is 9.98. The van der Waals surface area contributed by atoms with Crippen molar-refractivity contribution < 1.29 is 5.11 Å². The standard InChI is InChI=1S/C17H21NO/c1-14(19)12-13-18-17(15-8-4-2-5-9-15)16-10-6-3-7-11-16/h2-11,14,17-19H,12-13H2,1H3. The second-order valence-electron chi connectivity index (χ2n) is 4.85. The summed E-state index contributed by atoms with van der Waals surface area (Å²) in [7, 11) is 0. The molecule has 2 nitrogen and oxygen atoms in total. The van der Waals surface area contributed by atoms with E-state index in [4.69, 9.17) is 0 Å². The van der Waals surface area contributed by atoms with Crippen LogP contribution in [0.25, 0.3) is 0 Å². The smallest absolute Gasteiger partial charge is 0.0576 e. The highest BCUT2D eigenvalue weighted by Crippen LogP contribution is 2.21. The Balaban J connectivity index is 2.14. The van der Waals surface area contributed by atoms with Gasteiger partial charge in [-0.05, 0) is 31.0 Å². The van der Waals surface area contributed by atoms with E-state index in [1.54, 1.807) is 0 Å². The molecule has 0 saturated carbocycles. The Morgan fingerprint density at radius 2 is 1.37 bits per heavy atom. The summed E-state index contributed by atoms with van der Waals surface area (Å²) in [6, 6.07) is 21.0. The minimum absolute atomic E-state index is 0.182. The minimum Gasteiger partial charge on any atom is -0.393 e. The first-order valence-corrected chi connectivity index (χ1v) is 6.78. The summed E-state index contributed by atoms with van der Waals surface area (Å²) in [5.74, 6) is 0. The largest absolute Gasteiger partial charge is 0.393 e. The number of nitrogens with one attached hydrogen (secondary N) is 1. The van der Waals surface area contributed by atoms with Crippen LogP contribution in [0.3, 0.4) is 0 Å². The Kier molecular flexibility index (Phi) is 5.13. The highest BCUT2D eigenvalue weighted by atomic mass is 16.3. The molecule has 2 rings (SSSR count). The summed E-state index contributed by atoms with van der Waals surface area (Å²) >= 11 is 0. The van der Waals surface area contributed by atoms with E-state index >= 15 is 0 Å². The number of aliphatic hydroxyl groups excluding tert-OH is 1. The fraction of sp³-hybridized carbons (Fsp3) is 0.294. The molecule has 0 bridgehead atoms. The molecule has 19 heavy (non-hydrogen) atoms. The van der Waals surface area contributed by atoms with Crippen LogP contribution in [0.15, 0.2) is 60.7 Å². The van der Waals surface area contributed by atoms with Gasteiger partial charge < -0.3 is 10.4 Å². The van der Waals surface area contributed by atoms with Gasteiger partial charge in [0.25, 0.3) is 0 Å². The summed E-state index contributed by atoms with van der Waals surface area (Å²) in [5, 5.41) is 12.9. The van der Waals surface area contributed by atoms with Gasteiger partial charge in [0, 0.05) is 0 Å². The summed E-state index contributed by atoms with van der Waals surface area (Å²) < 4.78 is 0. The third-order valence-corrected chi connectivity index (χ3v) is 3.18. The molecular weight excluding hydrogens is 234 g/mol. The maximum atomic E-state index is 9.37. The number of rotatable bonds is 6. The fourth-order valence-corrected chi connectivity index (χ4v) is 2.16. The van der Waals surface area contributed by atoms with Crippen LogP contribution < -0.4 is 5.32 Å². The molecule has 0 heterocycles. The highest BCUT2D eigenvalue weighted by Gasteiger charge is 2.12. The lowest BCUT2D eigenvalue weighted by Crippen LogP contribution is -2.25. The summed E-state index contributed by atoms with van der Waals surface area (Å²) in [6.07, 6.45) is 0.496. The van der Waals surface area contributed by atoms with Crippen LogP contribution in [0.4, 0.5) is 0 Å². The maximum absolute atomic E-state index is 9.37. The Bertz CT molecular complexity index is 428. The van der Waals surface area contributed by atoms with E-state index in [2.05, 4.69) is 53.8 Å². The van der Waals surface area contributed by atoms with Gasteiger partial charge in [0.2, 0.25) is 0 Å². The second-order valence-corrected chi connectivity index (χ2v) is 4.85. The highest BCUT2D eigenvalue weighted by molar-refractivity contribution is 5.31. The number of hydrogen-bond acceptors (Lipinski definition) is 2. The molecule has 1 atom stereocenters. The molecule has 2 aromatic rings. The SMILES string of the molecule is CC(O)CCNC(c1ccccc1)c1ccccc1. The van der Waals surface area contributed by atoms with Gasteiger partial charge in [-0.3, -0.25) is 0 Å². The van der Waals surface area contributed by atoms with Gasteiger partial charge in [-0.2, -0.15) is 0 Å². The van der Waals surface area contributed by atoms with Crippen molar-refractivity contribution in [3.63, 3.8) is 0 Å². The average molecular weight is 255 g/mol. The van der Waals surface area contributed by atoms with Crippen LogP contribution in [-0.4, -0.2) is 17.8 Å². The Morgan fingerprint density at radius 3 is 1.79 bits per heavy atom. The van der Waals surface area contributed by atoms with Crippen molar-refractivity contribution in [3.05, 3.63) is 71.8 Å². The number of aliphatic hydroxyl groups is 1. The molecule has 0 aliphatic carbocycles. The van der Waals surface area contributed by atoms with Crippen molar-refractivity contribution in [2.45, 2.75) is 25.5 Å². The monoisotopic (exact) mass is 255 g/mol. The molecule has 2 heteroatoms. The average Bonchev–Trinajstić information content (AvgIpc) is 2.45. The quantitative estimate of drug-likeness (QED) is 0.831. The molecule has 0 saturated heterocycles. The predicted octanol–water partition coefficient (Wildman–Crippen LogP) is 3.14. The van der Waals surface area contributed by atoms with E-state index < -0.39 is 0 Å². The zero-order valence-corrected chi connectivity index (χ0v) is 11.3. The van der Waals surface area contributed by atoms with Crippen molar-refractivity contribution in [3.8, 4) is 0 Å². The second kappa shape index (κ2) is 7.07. The topological polar surface area (TPSA) is 32.3 Å². The third-order valence-electron chi connectivity index (χ3n) is 3.18. The number of hydrogen-bond donors (Lipinski definition) is 2. The summed E-state index contributed by atoms with van der Waals surface area (Å²) in [5.41, 5.74) is 2.50. The zero-order valence-electron chi connectivity index (χ0n) is 11.3. The molecular formula is C17H21NO. The number of benzene rings is 2. The van der Waals surface area contributed by atoms with Crippen LogP contribution in [0.2, 0.25) is 0 Å². The molecule has 1 unspecified atom stereocenters. The molecule has 0 radical (unpaired) electrons. The van der Waals surface area contributed by atoms with Gasteiger partial charge in [-0.25, -0.2) is 0 Å². The first-order valence-electron chi connectivity index (χ1n) is 6.78. The van der Waals surface area contributed by atoms with Gasteiger partial charge in [-0.1, -0.05) is 60.7 Å². The summed E-state index contributed by atoms with van der Waals surface area (Å²) in [4.78, 5) is 0. The van der Waals surface area contributed by atoms with Crippen molar-refractivity contribution in [1.29, 1.82) is 0 Å².